The van der Waals surface area contributed by atoms with Gasteiger partial charge in [0.15, 0.2) is 0 Å². The van der Waals surface area contributed by atoms with Crippen LogP contribution in [0.3, 0.4) is 0 Å². The molecule has 2 aromatic heterocycles. The van der Waals surface area contributed by atoms with E-state index in [0.29, 0.717) is 0 Å². The van der Waals surface area contributed by atoms with Gasteiger partial charge in [-0.15, -0.1) is 0 Å². The highest BCUT2D eigenvalue weighted by Gasteiger charge is 2.45. The summed E-state index contributed by atoms with van der Waals surface area (Å²) in [5.41, 5.74) is 5.08. The Kier molecular flexibility index (Phi) is 5.38. The van der Waals surface area contributed by atoms with E-state index < -0.39 is 8.24 Å². The minimum atomic E-state index is -2.85. The minimum absolute atomic E-state index is 1.06. The summed E-state index contributed by atoms with van der Waals surface area (Å²) >= 11 is 0. The van der Waals surface area contributed by atoms with E-state index in [1.165, 1.54) is 64.7 Å². The monoisotopic (exact) mass is 566 g/mol. The first-order chi connectivity index (χ1) is 21.4. The van der Waals surface area contributed by atoms with E-state index in [2.05, 4.69) is 167 Å². The molecular formula is C40H30N2Si. The van der Waals surface area contributed by atoms with Crippen molar-refractivity contribution < 1.29 is 0 Å². The predicted molar refractivity (Wildman–Crippen MR) is 185 cm³/mol. The number of hydrogen-bond donors (Lipinski definition) is 0. The molecule has 1 aliphatic carbocycles. The second-order valence-corrected chi connectivity index (χ2v) is 15.2. The van der Waals surface area contributed by atoms with Gasteiger partial charge in [-0.25, -0.2) is 0 Å². The Balaban J connectivity index is 1.55. The molecule has 43 heavy (non-hydrogen) atoms. The second-order valence-electron chi connectivity index (χ2n) is 11.6. The molecule has 0 radical (unpaired) electrons. The highest BCUT2D eigenvalue weighted by Crippen LogP contribution is 2.44. The largest absolute Gasteiger partial charge is 0.355 e. The standard InChI is InChI=1S/C40H30N2Si/c1-5-15-31(16-6-1)41-27-26-35-37(41)28-30-25-24-29-14-13-23-36-38(29)39(30)40(35)42(36)43(32-17-7-2-8-18-32,33-19-9-3-10-20-33)34-21-11-4-12-22-34/h1-3,5-11,13-28H,4,12H2. The van der Waals surface area contributed by atoms with Gasteiger partial charge in [0.05, 0.1) is 11.0 Å². The number of hydrogen-bond acceptors (Lipinski definition) is 0. The Morgan fingerprint density at radius 2 is 1.26 bits per heavy atom. The van der Waals surface area contributed by atoms with Crippen LogP contribution in [0.5, 0.6) is 0 Å². The lowest BCUT2D eigenvalue weighted by Crippen LogP contribution is -2.65. The smallest absolute Gasteiger partial charge is 0.257 e. The molecule has 9 rings (SSSR count). The van der Waals surface area contributed by atoms with E-state index >= 15 is 0 Å². The van der Waals surface area contributed by atoms with E-state index in [1.54, 1.807) is 0 Å². The Bertz CT molecular complexity index is 2280. The van der Waals surface area contributed by atoms with Crippen LogP contribution in [0, 0.1) is 0 Å². The van der Waals surface area contributed by atoms with Crippen molar-refractivity contribution in [3.05, 3.63) is 163 Å². The number of para-hydroxylation sites is 1. The Labute approximate surface area is 251 Å². The van der Waals surface area contributed by atoms with E-state index in [0.717, 1.165) is 12.8 Å². The first-order valence-electron chi connectivity index (χ1n) is 15.2. The van der Waals surface area contributed by atoms with Gasteiger partial charge in [0.1, 0.15) is 0 Å². The van der Waals surface area contributed by atoms with Crippen LogP contribution in [0.15, 0.2) is 163 Å². The van der Waals surface area contributed by atoms with Crippen molar-refractivity contribution in [3.8, 4) is 5.69 Å². The van der Waals surface area contributed by atoms with Crippen LogP contribution in [-0.4, -0.2) is 17.0 Å². The molecule has 2 heterocycles. The van der Waals surface area contributed by atoms with Crippen molar-refractivity contribution in [2.45, 2.75) is 12.8 Å². The Morgan fingerprint density at radius 3 is 1.95 bits per heavy atom. The highest BCUT2D eigenvalue weighted by molar-refractivity contribution is 7.07. The molecule has 0 saturated carbocycles. The zero-order valence-corrected chi connectivity index (χ0v) is 24.8. The second kappa shape index (κ2) is 9.45. The van der Waals surface area contributed by atoms with Gasteiger partial charge in [-0.1, -0.05) is 121 Å². The molecule has 204 valence electrons. The van der Waals surface area contributed by atoms with Gasteiger partial charge >= 0.3 is 0 Å². The average molecular weight is 567 g/mol. The predicted octanol–water partition coefficient (Wildman–Crippen LogP) is 8.75. The van der Waals surface area contributed by atoms with Crippen LogP contribution in [0.1, 0.15) is 12.8 Å². The number of allylic oxidation sites excluding steroid dienone is 4. The summed E-state index contributed by atoms with van der Waals surface area (Å²) in [5, 5.41) is 10.9. The SMILES string of the molecule is C1=CC([Si](c2ccccc2)(c2ccccc2)n2c3cccc4ccc5cc6c(ccn6-c6ccccc6)c2c5c43)=CCC1. The van der Waals surface area contributed by atoms with Gasteiger partial charge in [-0.3, -0.25) is 0 Å². The summed E-state index contributed by atoms with van der Waals surface area (Å²) in [6.45, 7) is 0. The van der Waals surface area contributed by atoms with Crippen LogP contribution < -0.4 is 10.4 Å². The lowest BCUT2D eigenvalue weighted by Gasteiger charge is -2.38. The van der Waals surface area contributed by atoms with E-state index in [9.17, 15) is 0 Å². The molecular weight excluding hydrogens is 537 g/mol. The third-order valence-electron chi connectivity index (χ3n) is 9.40. The molecule has 8 aromatic rings. The molecule has 0 unspecified atom stereocenters. The topological polar surface area (TPSA) is 9.86 Å². The molecule has 2 nitrogen and oxygen atoms in total. The van der Waals surface area contributed by atoms with Crippen LogP contribution in [0.25, 0.3) is 49.2 Å². The van der Waals surface area contributed by atoms with Crippen LogP contribution in [-0.2, 0) is 0 Å². The van der Waals surface area contributed by atoms with Gasteiger partial charge in [0.2, 0.25) is 0 Å². The molecule has 1 aliphatic rings. The van der Waals surface area contributed by atoms with Crippen molar-refractivity contribution in [3.63, 3.8) is 0 Å². The third kappa shape index (κ3) is 3.40. The molecule has 0 fully saturated rings. The molecule has 3 heteroatoms. The molecule has 6 aromatic carbocycles. The van der Waals surface area contributed by atoms with Crippen LogP contribution in [0.2, 0.25) is 0 Å². The van der Waals surface area contributed by atoms with Crippen molar-refractivity contribution in [1.82, 2.24) is 8.80 Å². The first kappa shape index (κ1) is 24.5. The summed E-state index contributed by atoms with van der Waals surface area (Å²) in [4.78, 5) is 0. The summed E-state index contributed by atoms with van der Waals surface area (Å²) in [7, 11) is -2.85. The summed E-state index contributed by atoms with van der Waals surface area (Å²) in [6, 6.07) is 49.7. The summed E-state index contributed by atoms with van der Waals surface area (Å²) in [6.07, 6.45) is 11.8. The van der Waals surface area contributed by atoms with Gasteiger partial charge in [0, 0.05) is 33.6 Å². The third-order valence-corrected chi connectivity index (χ3v) is 14.1. The maximum Gasteiger partial charge on any atom is 0.257 e. The van der Waals surface area contributed by atoms with E-state index in [4.69, 9.17) is 0 Å². The highest BCUT2D eigenvalue weighted by atomic mass is 28.3. The molecule has 0 atom stereocenters. The van der Waals surface area contributed by atoms with Crippen molar-refractivity contribution in [2.24, 2.45) is 0 Å². The summed E-state index contributed by atoms with van der Waals surface area (Å²) < 4.78 is 5.17. The average Bonchev–Trinajstić information content (AvgIpc) is 3.67. The fourth-order valence-corrected chi connectivity index (χ4v) is 12.7. The van der Waals surface area contributed by atoms with Crippen molar-refractivity contribution >= 4 is 62.1 Å². The van der Waals surface area contributed by atoms with Crippen molar-refractivity contribution in [2.75, 3.05) is 0 Å². The molecule has 0 aliphatic heterocycles. The maximum atomic E-state index is 2.82. The number of rotatable bonds is 5. The summed E-state index contributed by atoms with van der Waals surface area (Å²) in [5.74, 6) is 0. The first-order valence-corrected chi connectivity index (χ1v) is 17.1. The zero-order valence-electron chi connectivity index (χ0n) is 23.8. The van der Waals surface area contributed by atoms with Gasteiger partial charge in [-0.05, 0) is 69.5 Å². The van der Waals surface area contributed by atoms with Crippen LogP contribution >= 0.6 is 0 Å². The number of aromatic nitrogens is 2. The van der Waals surface area contributed by atoms with Gasteiger partial charge < -0.3 is 8.80 Å². The maximum absolute atomic E-state index is 2.85. The number of fused-ring (bicyclic) bond motifs is 2. The zero-order chi connectivity index (χ0) is 28.4. The number of benzene rings is 6. The molecule has 0 N–H and O–H groups in total. The fraction of sp³-hybridized carbons (Fsp3) is 0.0500. The molecule has 0 saturated heterocycles. The van der Waals surface area contributed by atoms with Gasteiger partial charge in [0.25, 0.3) is 8.24 Å². The van der Waals surface area contributed by atoms with Crippen molar-refractivity contribution in [1.29, 1.82) is 0 Å². The Morgan fingerprint density at radius 1 is 0.558 bits per heavy atom. The normalized spacial score (nSPS) is 13.9. The molecule has 0 amide bonds. The quantitative estimate of drug-likeness (QED) is 0.146. The lowest BCUT2D eigenvalue weighted by molar-refractivity contribution is 1.03. The van der Waals surface area contributed by atoms with E-state index in [1.807, 2.05) is 0 Å². The van der Waals surface area contributed by atoms with Crippen LogP contribution in [0.4, 0.5) is 0 Å². The molecule has 0 bridgehead atoms. The lowest BCUT2D eigenvalue weighted by atomic mass is 10.0. The van der Waals surface area contributed by atoms with Gasteiger partial charge in [-0.2, -0.15) is 0 Å². The number of nitrogens with zero attached hydrogens (tertiary/aromatic N) is 2. The Hall–Kier alpha value is -5.12. The minimum Gasteiger partial charge on any atom is -0.355 e. The van der Waals surface area contributed by atoms with E-state index in [-0.39, 0.29) is 0 Å². The fourth-order valence-electron chi connectivity index (χ4n) is 7.65. The molecule has 0 spiro atoms.